The van der Waals surface area contributed by atoms with E-state index in [1.165, 1.54) is 19.3 Å². The minimum atomic E-state index is 0.415. The molecule has 1 aliphatic rings. The minimum Gasteiger partial charge on any atom is -0.316 e. The zero-order valence-corrected chi connectivity index (χ0v) is 13.3. The molecule has 3 unspecified atom stereocenters. The van der Waals surface area contributed by atoms with Gasteiger partial charge in [-0.25, -0.2) is 0 Å². The van der Waals surface area contributed by atoms with Crippen molar-refractivity contribution in [3.63, 3.8) is 0 Å². The van der Waals surface area contributed by atoms with Crippen molar-refractivity contribution in [2.24, 2.45) is 11.3 Å². The van der Waals surface area contributed by atoms with Crippen molar-refractivity contribution < 1.29 is 0 Å². The average molecular weight is 285 g/mol. The summed E-state index contributed by atoms with van der Waals surface area (Å²) < 4.78 is 1.11. The molecule has 1 aromatic heterocycles. The van der Waals surface area contributed by atoms with Gasteiger partial charge in [-0.1, -0.05) is 43.9 Å². The molecule has 1 aliphatic carbocycles. The number of hydrogen-bond donors (Lipinski definition) is 1. The van der Waals surface area contributed by atoms with Gasteiger partial charge in [-0.05, 0) is 37.6 Å². The van der Waals surface area contributed by atoms with Gasteiger partial charge in [-0.3, -0.25) is 0 Å². The lowest BCUT2D eigenvalue weighted by atomic mass is 9.71. The molecule has 0 amide bonds. The normalized spacial score (nSPS) is 29.4. The molecule has 5 heteroatoms. The summed E-state index contributed by atoms with van der Waals surface area (Å²) in [5.41, 5.74) is 2.24. The summed E-state index contributed by atoms with van der Waals surface area (Å²) in [6.07, 6.45) is 3.89. The first-order valence-electron chi connectivity index (χ1n) is 6.61. The van der Waals surface area contributed by atoms with Crippen LogP contribution in [-0.4, -0.2) is 28.5 Å². The molecule has 1 heterocycles. The molecule has 0 radical (unpaired) electrons. The smallest absolute Gasteiger partial charge is 0.174 e. The molecule has 0 spiro atoms. The number of aromatic nitrogens is 2. The van der Waals surface area contributed by atoms with Gasteiger partial charge in [0.05, 0.1) is 0 Å². The fraction of sp³-hybridized carbons (Fsp3) is 0.846. The van der Waals surface area contributed by atoms with Crippen LogP contribution in [0.2, 0.25) is 0 Å². The van der Waals surface area contributed by atoms with Crippen molar-refractivity contribution in [3.05, 3.63) is 5.51 Å². The maximum Gasteiger partial charge on any atom is 0.174 e. The van der Waals surface area contributed by atoms with Gasteiger partial charge in [0, 0.05) is 11.3 Å². The van der Waals surface area contributed by atoms with Gasteiger partial charge < -0.3 is 5.32 Å². The highest BCUT2D eigenvalue weighted by Crippen LogP contribution is 2.43. The van der Waals surface area contributed by atoms with Crippen LogP contribution in [0.1, 0.15) is 40.0 Å². The molecule has 2 rings (SSSR count). The van der Waals surface area contributed by atoms with Crippen molar-refractivity contribution in [2.45, 2.75) is 55.7 Å². The molecule has 0 aromatic carbocycles. The average Bonchev–Trinajstić information content (AvgIpc) is 2.80. The first-order chi connectivity index (χ1) is 8.50. The van der Waals surface area contributed by atoms with Crippen LogP contribution in [0.5, 0.6) is 0 Å². The van der Waals surface area contributed by atoms with Crippen LogP contribution in [-0.2, 0) is 0 Å². The van der Waals surface area contributed by atoms with Gasteiger partial charge in [0.2, 0.25) is 0 Å². The van der Waals surface area contributed by atoms with Crippen LogP contribution in [0.15, 0.2) is 9.85 Å². The fourth-order valence-electron chi connectivity index (χ4n) is 2.72. The summed E-state index contributed by atoms with van der Waals surface area (Å²) >= 11 is 3.56. The molecule has 0 aliphatic heterocycles. The summed E-state index contributed by atoms with van der Waals surface area (Å²) in [6, 6.07) is 0.609. The van der Waals surface area contributed by atoms with Gasteiger partial charge in [-0.15, -0.1) is 10.2 Å². The van der Waals surface area contributed by atoms with Gasteiger partial charge >= 0.3 is 0 Å². The third-order valence-corrected chi connectivity index (χ3v) is 6.15. The molecular formula is C13H23N3S2. The van der Waals surface area contributed by atoms with E-state index in [1.54, 1.807) is 11.3 Å². The number of rotatable bonds is 3. The van der Waals surface area contributed by atoms with E-state index in [9.17, 15) is 0 Å². The Bertz CT molecular complexity index is 359. The lowest BCUT2D eigenvalue weighted by Gasteiger charge is -2.41. The highest BCUT2D eigenvalue weighted by atomic mass is 32.2. The lowest BCUT2D eigenvalue weighted by molar-refractivity contribution is 0.167. The van der Waals surface area contributed by atoms with Crippen molar-refractivity contribution in [2.75, 3.05) is 7.05 Å². The molecule has 102 valence electrons. The third kappa shape index (κ3) is 3.45. The number of nitrogens with zero attached hydrogens (tertiary/aromatic N) is 2. The first kappa shape index (κ1) is 14.3. The van der Waals surface area contributed by atoms with E-state index < -0.39 is 0 Å². The van der Waals surface area contributed by atoms with Gasteiger partial charge in [0.25, 0.3) is 0 Å². The Morgan fingerprint density at radius 2 is 2.17 bits per heavy atom. The maximum atomic E-state index is 4.17. The predicted molar refractivity (Wildman–Crippen MR) is 79.2 cm³/mol. The third-order valence-electron chi connectivity index (χ3n) is 3.98. The van der Waals surface area contributed by atoms with E-state index in [0.717, 1.165) is 10.3 Å². The van der Waals surface area contributed by atoms with Crippen molar-refractivity contribution in [1.29, 1.82) is 0 Å². The Labute approximate surface area is 118 Å². The zero-order valence-electron chi connectivity index (χ0n) is 11.6. The summed E-state index contributed by atoms with van der Waals surface area (Å²) in [6.45, 7) is 7.10. The second kappa shape index (κ2) is 5.88. The van der Waals surface area contributed by atoms with E-state index in [1.807, 2.05) is 17.3 Å². The van der Waals surface area contributed by atoms with Gasteiger partial charge in [-0.2, -0.15) is 0 Å². The van der Waals surface area contributed by atoms with E-state index >= 15 is 0 Å². The van der Waals surface area contributed by atoms with Crippen LogP contribution in [0.3, 0.4) is 0 Å². The first-order valence-corrected chi connectivity index (χ1v) is 8.36. The minimum absolute atomic E-state index is 0.415. The molecule has 0 saturated heterocycles. The lowest BCUT2D eigenvalue weighted by Crippen LogP contribution is -2.43. The van der Waals surface area contributed by atoms with Crippen LogP contribution < -0.4 is 5.32 Å². The molecule has 1 saturated carbocycles. The topological polar surface area (TPSA) is 37.8 Å². The van der Waals surface area contributed by atoms with E-state index in [-0.39, 0.29) is 0 Å². The molecule has 0 bridgehead atoms. The molecule has 1 N–H and O–H groups in total. The Kier molecular flexibility index (Phi) is 4.67. The molecule has 3 nitrogen and oxygen atoms in total. The Morgan fingerprint density at radius 3 is 2.72 bits per heavy atom. The summed E-state index contributed by atoms with van der Waals surface area (Å²) in [5.74, 6) is 0.813. The zero-order chi connectivity index (χ0) is 13.2. The Hall–Kier alpha value is -0.130. The standard InChI is InChI=1S/C13H23N3S2/c1-13(2,3)9-5-6-10(14-4)11(7-9)18-12-16-15-8-17-12/h8-11,14H,5-7H2,1-4H3. The quantitative estimate of drug-likeness (QED) is 0.923. The molecular weight excluding hydrogens is 262 g/mol. The Balaban J connectivity index is 2.04. The highest BCUT2D eigenvalue weighted by Gasteiger charge is 2.36. The number of thioether (sulfide) groups is 1. The molecule has 1 aromatic rings. The van der Waals surface area contributed by atoms with Crippen molar-refractivity contribution in [3.8, 4) is 0 Å². The van der Waals surface area contributed by atoms with Crippen molar-refractivity contribution in [1.82, 2.24) is 15.5 Å². The van der Waals surface area contributed by atoms with E-state index in [2.05, 4.69) is 43.3 Å². The predicted octanol–water partition coefficient (Wildman–Crippen LogP) is 3.43. The summed E-state index contributed by atoms with van der Waals surface area (Å²) in [5, 5.41) is 12.2. The molecule has 18 heavy (non-hydrogen) atoms. The van der Waals surface area contributed by atoms with Gasteiger partial charge in [0.15, 0.2) is 4.34 Å². The largest absolute Gasteiger partial charge is 0.316 e. The monoisotopic (exact) mass is 285 g/mol. The second-order valence-corrected chi connectivity index (χ2v) is 8.45. The second-order valence-electron chi connectivity index (χ2n) is 6.13. The fourth-order valence-corrected chi connectivity index (χ4v) is 4.84. The summed E-state index contributed by atoms with van der Waals surface area (Å²) in [4.78, 5) is 0. The maximum absolute atomic E-state index is 4.17. The number of nitrogens with one attached hydrogen (secondary N) is 1. The van der Waals surface area contributed by atoms with Crippen LogP contribution in [0, 0.1) is 11.3 Å². The SMILES string of the molecule is CNC1CCC(C(C)(C)C)CC1Sc1nncs1. The van der Waals surface area contributed by atoms with E-state index in [0.29, 0.717) is 16.7 Å². The number of hydrogen-bond acceptors (Lipinski definition) is 5. The Morgan fingerprint density at radius 1 is 1.39 bits per heavy atom. The van der Waals surface area contributed by atoms with Crippen LogP contribution >= 0.6 is 23.1 Å². The van der Waals surface area contributed by atoms with Crippen LogP contribution in [0.25, 0.3) is 0 Å². The van der Waals surface area contributed by atoms with Crippen molar-refractivity contribution >= 4 is 23.1 Å². The summed E-state index contributed by atoms with van der Waals surface area (Å²) in [7, 11) is 2.08. The van der Waals surface area contributed by atoms with Gasteiger partial charge in [0.1, 0.15) is 5.51 Å². The highest BCUT2D eigenvalue weighted by molar-refractivity contribution is 8.01. The van der Waals surface area contributed by atoms with E-state index in [4.69, 9.17) is 0 Å². The molecule has 1 fully saturated rings. The molecule has 3 atom stereocenters. The van der Waals surface area contributed by atoms with Crippen LogP contribution in [0.4, 0.5) is 0 Å².